The van der Waals surface area contributed by atoms with Gasteiger partial charge in [-0.1, -0.05) is 6.92 Å². The van der Waals surface area contributed by atoms with Crippen molar-refractivity contribution in [2.75, 3.05) is 5.32 Å². The molecule has 0 bridgehead atoms. The molecule has 1 heterocycles. The van der Waals surface area contributed by atoms with Crippen molar-refractivity contribution in [3.05, 3.63) is 40.9 Å². The zero-order valence-corrected chi connectivity index (χ0v) is 10.1. The van der Waals surface area contributed by atoms with Crippen molar-refractivity contribution in [2.24, 2.45) is 0 Å². The number of nitrogens with zero attached hydrogens (tertiary/aromatic N) is 1. The van der Waals surface area contributed by atoms with Crippen LogP contribution in [0.2, 0.25) is 0 Å². The fourth-order valence-corrected chi connectivity index (χ4v) is 2.07. The number of nitrogens with one attached hydrogen (secondary N) is 1. The number of thiazole rings is 1. The van der Waals surface area contributed by atoms with Gasteiger partial charge in [-0.3, -0.25) is 10.1 Å². The molecule has 2 N–H and O–H groups in total. The van der Waals surface area contributed by atoms with E-state index in [2.05, 4.69) is 10.3 Å². The molecule has 1 aromatic heterocycles. The number of amides is 1. The van der Waals surface area contributed by atoms with Gasteiger partial charge in [-0.2, -0.15) is 0 Å². The second-order valence-electron chi connectivity index (χ2n) is 3.49. The van der Waals surface area contributed by atoms with Crippen molar-refractivity contribution in [2.45, 2.75) is 13.3 Å². The van der Waals surface area contributed by atoms with Crippen LogP contribution in [-0.4, -0.2) is 16.0 Å². The van der Waals surface area contributed by atoms with E-state index < -0.39 is 0 Å². The van der Waals surface area contributed by atoms with Gasteiger partial charge in [-0.05, 0) is 30.2 Å². The number of phenolic OH excluding ortho intramolecular Hbond substituents is 1. The Morgan fingerprint density at radius 3 is 3.00 bits per heavy atom. The average molecular weight is 248 g/mol. The first-order valence-electron chi connectivity index (χ1n) is 5.23. The summed E-state index contributed by atoms with van der Waals surface area (Å²) in [4.78, 5) is 16.0. The highest BCUT2D eigenvalue weighted by Crippen LogP contribution is 2.19. The number of hydrogen-bond donors (Lipinski definition) is 2. The lowest BCUT2D eigenvalue weighted by atomic mass is 10.0. The molecule has 4 nitrogen and oxygen atoms in total. The number of carbonyl (C=O) groups excluding carboxylic acids is 1. The molecule has 0 aliphatic carbocycles. The van der Waals surface area contributed by atoms with Crippen LogP contribution in [0, 0.1) is 0 Å². The number of anilines is 1. The minimum atomic E-state index is -0.197. The van der Waals surface area contributed by atoms with Gasteiger partial charge in [0.1, 0.15) is 5.75 Å². The molecule has 0 radical (unpaired) electrons. The number of benzene rings is 1. The molecule has 88 valence electrons. The van der Waals surface area contributed by atoms with E-state index in [1.807, 2.05) is 6.92 Å². The number of aromatic hydroxyl groups is 1. The van der Waals surface area contributed by atoms with E-state index in [1.165, 1.54) is 17.4 Å². The molecule has 0 aliphatic rings. The molecule has 0 aliphatic heterocycles. The Labute approximate surface area is 103 Å². The van der Waals surface area contributed by atoms with Gasteiger partial charge in [0.25, 0.3) is 5.91 Å². The van der Waals surface area contributed by atoms with E-state index in [4.69, 9.17) is 0 Å². The summed E-state index contributed by atoms with van der Waals surface area (Å²) in [5, 5.41) is 14.5. The third-order valence-corrected chi connectivity index (χ3v) is 3.06. The quantitative estimate of drug-likeness (QED) is 0.877. The molecular formula is C12H12N2O2S. The summed E-state index contributed by atoms with van der Waals surface area (Å²) in [5.74, 6) is -0.0237. The summed E-state index contributed by atoms with van der Waals surface area (Å²) in [7, 11) is 0. The highest BCUT2D eigenvalue weighted by atomic mass is 32.1. The Morgan fingerprint density at radius 2 is 2.35 bits per heavy atom. The van der Waals surface area contributed by atoms with Crippen LogP contribution in [0.5, 0.6) is 5.75 Å². The minimum Gasteiger partial charge on any atom is -0.508 e. The summed E-state index contributed by atoms with van der Waals surface area (Å²) in [6.07, 6.45) is 2.33. The highest BCUT2D eigenvalue weighted by molar-refractivity contribution is 7.13. The predicted octanol–water partition coefficient (Wildman–Crippen LogP) is 2.66. The molecule has 2 aromatic rings. The molecule has 1 aromatic carbocycles. The number of aromatic nitrogens is 1. The molecular weight excluding hydrogens is 236 g/mol. The van der Waals surface area contributed by atoms with Crippen LogP contribution in [0.4, 0.5) is 5.13 Å². The molecule has 0 atom stereocenters. The van der Waals surface area contributed by atoms with E-state index in [0.29, 0.717) is 17.1 Å². The number of carbonyl (C=O) groups is 1. The van der Waals surface area contributed by atoms with E-state index in [1.54, 1.807) is 23.7 Å². The van der Waals surface area contributed by atoms with E-state index >= 15 is 0 Å². The summed E-state index contributed by atoms with van der Waals surface area (Å²) < 4.78 is 0. The van der Waals surface area contributed by atoms with Gasteiger partial charge >= 0.3 is 0 Å². The summed E-state index contributed by atoms with van der Waals surface area (Å²) in [6.45, 7) is 1.94. The smallest absolute Gasteiger partial charge is 0.257 e. The van der Waals surface area contributed by atoms with Gasteiger partial charge in [-0.25, -0.2) is 4.98 Å². The third kappa shape index (κ3) is 2.62. The molecule has 0 fully saturated rings. The van der Waals surface area contributed by atoms with Crippen molar-refractivity contribution in [3.63, 3.8) is 0 Å². The van der Waals surface area contributed by atoms with Gasteiger partial charge in [0.05, 0.1) is 0 Å². The summed E-state index contributed by atoms with van der Waals surface area (Å²) in [6, 6.07) is 4.74. The Hall–Kier alpha value is -1.88. The summed E-state index contributed by atoms with van der Waals surface area (Å²) >= 11 is 1.37. The van der Waals surface area contributed by atoms with Gasteiger partial charge in [0.2, 0.25) is 0 Å². The van der Waals surface area contributed by atoms with Gasteiger partial charge < -0.3 is 5.11 Å². The van der Waals surface area contributed by atoms with Crippen molar-refractivity contribution >= 4 is 22.4 Å². The first-order valence-corrected chi connectivity index (χ1v) is 6.11. The monoisotopic (exact) mass is 248 g/mol. The topological polar surface area (TPSA) is 62.2 Å². The normalized spacial score (nSPS) is 10.2. The fraction of sp³-hybridized carbons (Fsp3) is 0.167. The van der Waals surface area contributed by atoms with Crippen LogP contribution in [-0.2, 0) is 6.42 Å². The molecule has 0 saturated heterocycles. The second-order valence-corrected chi connectivity index (χ2v) is 4.38. The maximum absolute atomic E-state index is 12.0. The Kier molecular flexibility index (Phi) is 3.39. The molecule has 0 saturated carbocycles. The first kappa shape index (κ1) is 11.6. The molecule has 0 unspecified atom stereocenters. The number of hydrogen-bond acceptors (Lipinski definition) is 4. The largest absolute Gasteiger partial charge is 0.508 e. The lowest BCUT2D eigenvalue weighted by molar-refractivity contribution is 0.102. The highest BCUT2D eigenvalue weighted by Gasteiger charge is 2.12. The standard InChI is InChI=1S/C12H12N2O2S/c1-2-8-7-9(15)3-4-10(8)11(16)14-12-13-5-6-17-12/h3-7,15H,2H2,1H3,(H,13,14,16). The van der Waals surface area contributed by atoms with Crippen LogP contribution < -0.4 is 5.32 Å². The lowest BCUT2D eigenvalue weighted by Gasteiger charge is -2.07. The fourth-order valence-electron chi connectivity index (χ4n) is 1.54. The van der Waals surface area contributed by atoms with Gasteiger partial charge in [0.15, 0.2) is 5.13 Å². The van der Waals surface area contributed by atoms with Gasteiger partial charge in [-0.15, -0.1) is 11.3 Å². The molecule has 17 heavy (non-hydrogen) atoms. The van der Waals surface area contributed by atoms with Crippen LogP contribution in [0.25, 0.3) is 0 Å². The van der Waals surface area contributed by atoms with Crippen molar-refractivity contribution in [1.29, 1.82) is 0 Å². The molecule has 0 spiro atoms. The van der Waals surface area contributed by atoms with Crippen LogP contribution in [0.15, 0.2) is 29.8 Å². The van der Waals surface area contributed by atoms with E-state index in [-0.39, 0.29) is 11.7 Å². The van der Waals surface area contributed by atoms with Crippen LogP contribution >= 0.6 is 11.3 Å². The van der Waals surface area contributed by atoms with E-state index in [0.717, 1.165) is 5.56 Å². The Balaban J connectivity index is 2.24. The molecule has 2 rings (SSSR count). The van der Waals surface area contributed by atoms with Crippen molar-refractivity contribution in [1.82, 2.24) is 4.98 Å². The van der Waals surface area contributed by atoms with Crippen LogP contribution in [0.3, 0.4) is 0 Å². The zero-order chi connectivity index (χ0) is 12.3. The number of aryl methyl sites for hydroxylation is 1. The summed E-state index contributed by atoms with van der Waals surface area (Å²) in [5.41, 5.74) is 1.39. The minimum absolute atomic E-state index is 0.174. The van der Waals surface area contributed by atoms with Crippen molar-refractivity contribution < 1.29 is 9.90 Å². The third-order valence-electron chi connectivity index (χ3n) is 2.37. The number of rotatable bonds is 3. The second kappa shape index (κ2) is 4.97. The predicted molar refractivity (Wildman–Crippen MR) is 67.6 cm³/mol. The van der Waals surface area contributed by atoms with Gasteiger partial charge in [0, 0.05) is 17.1 Å². The number of phenols is 1. The van der Waals surface area contributed by atoms with E-state index in [9.17, 15) is 9.90 Å². The Morgan fingerprint density at radius 1 is 1.53 bits per heavy atom. The molecule has 5 heteroatoms. The maximum Gasteiger partial charge on any atom is 0.257 e. The lowest BCUT2D eigenvalue weighted by Crippen LogP contribution is -2.13. The SMILES string of the molecule is CCc1cc(O)ccc1C(=O)Nc1nccs1. The van der Waals surface area contributed by atoms with Crippen LogP contribution in [0.1, 0.15) is 22.8 Å². The van der Waals surface area contributed by atoms with Crippen molar-refractivity contribution in [3.8, 4) is 5.75 Å². The first-order chi connectivity index (χ1) is 8.20. The average Bonchev–Trinajstić information content (AvgIpc) is 2.81. The maximum atomic E-state index is 12.0. The zero-order valence-electron chi connectivity index (χ0n) is 9.30. The Bertz CT molecular complexity index is 523. The molecule has 1 amide bonds.